The summed E-state index contributed by atoms with van der Waals surface area (Å²) >= 11 is 1.67. The van der Waals surface area contributed by atoms with E-state index in [-0.39, 0.29) is 35.8 Å². The fourth-order valence-electron chi connectivity index (χ4n) is 2.92. The average Bonchev–Trinajstić information content (AvgIpc) is 3.08. The van der Waals surface area contributed by atoms with E-state index in [2.05, 4.69) is 32.9 Å². The molecule has 10 heteroatoms. The molecule has 0 aliphatic carbocycles. The highest BCUT2D eigenvalue weighted by molar-refractivity contribution is 14.0. The number of hydrogen-bond acceptors (Lipinski definition) is 5. The van der Waals surface area contributed by atoms with Gasteiger partial charge in [-0.05, 0) is 32.6 Å². The monoisotopic (exact) mass is 529 g/mol. The van der Waals surface area contributed by atoms with Gasteiger partial charge in [-0.25, -0.2) is 22.7 Å². The molecule has 0 aromatic carbocycles. The van der Waals surface area contributed by atoms with Crippen molar-refractivity contribution in [3.8, 4) is 0 Å². The van der Waals surface area contributed by atoms with Crippen molar-refractivity contribution in [3.05, 3.63) is 16.1 Å². The Bertz CT molecular complexity index is 685. The molecule has 0 amide bonds. The fourth-order valence-corrected chi connectivity index (χ4v) is 5.20. The number of hydrogen-bond donors (Lipinski definition) is 2. The predicted molar refractivity (Wildman–Crippen MR) is 124 cm³/mol. The van der Waals surface area contributed by atoms with Crippen molar-refractivity contribution in [1.82, 2.24) is 19.9 Å². The van der Waals surface area contributed by atoms with Gasteiger partial charge in [0.2, 0.25) is 10.0 Å². The third-order valence-corrected chi connectivity index (χ3v) is 7.41. The summed E-state index contributed by atoms with van der Waals surface area (Å²) in [6, 6.07) is 0.238. The van der Waals surface area contributed by atoms with Gasteiger partial charge in [-0.1, -0.05) is 13.8 Å². The van der Waals surface area contributed by atoms with Crippen LogP contribution in [0.2, 0.25) is 0 Å². The molecule has 0 atom stereocenters. The van der Waals surface area contributed by atoms with E-state index < -0.39 is 10.0 Å². The number of nitrogens with zero attached hydrogens (tertiary/aromatic N) is 3. The lowest BCUT2D eigenvalue weighted by molar-refractivity contribution is 0.306. The van der Waals surface area contributed by atoms with E-state index >= 15 is 0 Å². The molecule has 0 saturated carbocycles. The molecule has 0 bridgehead atoms. The van der Waals surface area contributed by atoms with Gasteiger partial charge in [-0.15, -0.1) is 35.3 Å². The van der Waals surface area contributed by atoms with Crippen LogP contribution in [-0.4, -0.2) is 55.1 Å². The molecule has 2 heterocycles. The highest BCUT2D eigenvalue weighted by Gasteiger charge is 2.27. The van der Waals surface area contributed by atoms with Crippen LogP contribution in [0.5, 0.6) is 0 Å². The smallest absolute Gasteiger partial charge is 0.214 e. The second-order valence-electron chi connectivity index (χ2n) is 6.41. The van der Waals surface area contributed by atoms with E-state index in [4.69, 9.17) is 0 Å². The second-order valence-corrected chi connectivity index (χ2v) is 9.45. The number of rotatable bonds is 8. The van der Waals surface area contributed by atoms with Gasteiger partial charge in [0, 0.05) is 31.1 Å². The van der Waals surface area contributed by atoms with Gasteiger partial charge in [-0.3, -0.25) is 0 Å². The minimum Gasteiger partial charge on any atom is -0.357 e. The maximum Gasteiger partial charge on any atom is 0.214 e. The number of thiazole rings is 1. The number of aliphatic imine (C=N–C) groups is 1. The lowest BCUT2D eigenvalue weighted by Crippen LogP contribution is -2.50. The Labute approximate surface area is 184 Å². The van der Waals surface area contributed by atoms with Gasteiger partial charge in [0.15, 0.2) is 5.96 Å². The molecule has 1 saturated heterocycles. The Hall–Kier alpha value is -0.460. The standard InChI is InChI=1S/C17H31N5O2S2.HI/c1-4-11-26(23,24)22-9-7-14(8-10-22)21-17(18-6-3)19-12-15-13-25-16(5-2)20-15;/h13-14H,4-12H2,1-3H3,(H2,18,19,21);1H. The largest absolute Gasteiger partial charge is 0.357 e. The SMILES string of the molecule is CCCS(=O)(=O)N1CCC(NC(=NCc2csc(CC)n2)NCC)CC1.I. The molecule has 27 heavy (non-hydrogen) atoms. The zero-order chi connectivity index (χ0) is 19.0. The summed E-state index contributed by atoms with van der Waals surface area (Å²) in [5, 5.41) is 9.90. The number of sulfonamides is 1. The van der Waals surface area contributed by atoms with Gasteiger partial charge in [-0.2, -0.15) is 0 Å². The number of nitrogens with one attached hydrogen (secondary N) is 2. The Morgan fingerprint density at radius 3 is 2.59 bits per heavy atom. The molecule has 156 valence electrons. The molecule has 1 aliphatic rings. The molecule has 2 rings (SSSR count). The zero-order valence-corrected chi connectivity index (χ0v) is 20.4. The molecule has 1 fully saturated rings. The van der Waals surface area contributed by atoms with E-state index in [0.717, 1.165) is 42.5 Å². The van der Waals surface area contributed by atoms with Crippen molar-refractivity contribution in [3.63, 3.8) is 0 Å². The van der Waals surface area contributed by atoms with Crippen molar-refractivity contribution in [1.29, 1.82) is 0 Å². The first-order valence-corrected chi connectivity index (χ1v) is 11.9. The Morgan fingerprint density at radius 1 is 1.33 bits per heavy atom. The Balaban J connectivity index is 0.00000364. The first kappa shape index (κ1) is 24.6. The topological polar surface area (TPSA) is 86.7 Å². The van der Waals surface area contributed by atoms with Gasteiger partial charge < -0.3 is 10.6 Å². The van der Waals surface area contributed by atoms with Crippen LogP contribution in [0.15, 0.2) is 10.4 Å². The van der Waals surface area contributed by atoms with Crippen molar-refractivity contribution >= 4 is 51.3 Å². The number of aromatic nitrogens is 1. The maximum atomic E-state index is 12.2. The summed E-state index contributed by atoms with van der Waals surface area (Å²) in [4.78, 5) is 9.17. The van der Waals surface area contributed by atoms with Crippen LogP contribution < -0.4 is 10.6 Å². The Morgan fingerprint density at radius 2 is 2.04 bits per heavy atom. The molecule has 1 aliphatic heterocycles. The van der Waals surface area contributed by atoms with Gasteiger partial charge >= 0.3 is 0 Å². The highest BCUT2D eigenvalue weighted by atomic mass is 127. The van der Waals surface area contributed by atoms with Crippen molar-refractivity contribution in [2.75, 3.05) is 25.4 Å². The van der Waals surface area contributed by atoms with E-state index in [0.29, 0.717) is 26.1 Å². The summed E-state index contributed by atoms with van der Waals surface area (Å²) in [5.41, 5.74) is 0.990. The third kappa shape index (κ3) is 7.82. The summed E-state index contributed by atoms with van der Waals surface area (Å²) in [6.45, 7) is 8.52. The Kier molecular flexibility index (Phi) is 11.1. The molecule has 1 aromatic heterocycles. The minimum atomic E-state index is -3.09. The van der Waals surface area contributed by atoms with E-state index in [1.165, 1.54) is 0 Å². The molecule has 0 radical (unpaired) electrons. The quantitative estimate of drug-likeness (QED) is 0.307. The second kappa shape index (κ2) is 12.2. The first-order valence-electron chi connectivity index (χ1n) is 9.44. The van der Waals surface area contributed by atoms with E-state index in [9.17, 15) is 8.42 Å². The van der Waals surface area contributed by atoms with Crippen molar-refractivity contribution in [2.24, 2.45) is 4.99 Å². The third-order valence-electron chi connectivity index (χ3n) is 4.30. The lowest BCUT2D eigenvalue weighted by Gasteiger charge is -2.32. The summed E-state index contributed by atoms with van der Waals surface area (Å²) in [6.07, 6.45) is 3.20. The van der Waals surface area contributed by atoms with Crippen molar-refractivity contribution < 1.29 is 8.42 Å². The fraction of sp³-hybridized carbons (Fsp3) is 0.765. The van der Waals surface area contributed by atoms with Crippen LogP contribution in [0.4, 0.5) is 0 Å². The molecule has 0 unspecified atom stereocenters. The summed E-state index contributed by atoms with van der Waals surface area (Å²) in [5.74, 6) is 1.01. The number of piperidine rings is 1. The summed E-state index contributed by atoms with van der Waals surface area (Å²) < 4.78 is 26.0. The van der Waals surface area contributed by atoms with Gasteiger partial charge in [0.1, 0.15) is 0 Å². The zero-order valence-electron chi connectivity index (χ0n) is 16.4. The van der Waals surface area contributed by atoms with Crippen LogP contribution in [0.25, 0.3) is 0 Å². The van der Waals surface area contributed by atoms with E-state index in [1.807, 2.05) is 13.8 Å². The van der Waals surface area contributed by atoms with Crippen LogP contribution in [0, 0.1) is 0 Å². The minimum absolute atomic E-state index is 0. The molecular formula is C17H32IN5O2S2. The number of halogens is 1. The van der Waals surface area contributed by atoms with Crippen molar-refractivity contribution in [2.45, 2.75) is 59.0 Å². The highest BCUT2D eigenvalue weighted by Crippen LogP contribution is 2.15. The lowest BCUT2D eigenvalue weighted by atomic mass is 10.1. The predicted octanol–water partition coefficient (Wildman–Crippen LogP) is 2.58. The molecular weight excluding hydrogens is 497 g/mol. The number of aryl methyl sites for hydroxylation is 1. The van der Waals surface area contributed by atoms with Crippen LogP contribution in [0.1, 0.15) is 50.7 Å². The average molecular weight is 530 g/mol. The first-order chi connectivity index (χ1) is 12.5. The molecule has 7 nitrogen and oxygen atoms in total. The maximum absolute atomic E-state index is 12.2. The molecule has 2 N–H and O–H groups in total. The van der Waals surface area contributed by atoms with Crippen LogP contribution in [0.3, 0.4) is 0 Å². The van der Waals surface area contributed by atoms with E-state index in [1.54, 1.807) is 15.6 Å². The normalized spacial score (nSPS) is 16.8. The van der Waals surface area contributed by atoms with Crippen LogP contribution >= 0.6 is 35.3 Å². The molecule has 0 spiro atoms. The molecule has 1 aromatic rings. The van der Waals surface area contributed by atoms with Gasteiger partial charge in [0.05, 0.1) is 23.0 Å². The van der Waals surface area contributed by atoms with Crippen LogP contribution in [-0.2, 0) is 23.0 Å². The summed E-state index contributed by atoms with van der Waals surface area (Å²) in [7, 11) is -3.09. The number of guanidine groups is 1. The van der Waals surface area contributed by atoms with Gasteiger partial charge in [0.25, 0.3) is 0 Å².